The fourth-order valence-electron chi connectivity index (χ4n) is 0.637. The topological polar surface area (TPSA) is 48.6 Å². The Labute approximate surface area is 101 Å². The Morgan fingerprint density at radius 3 is 1.06 bits per heavy atom. The summed E-state index contributed by atoms with van der Waals surface area (Å²) in [5.41, 5.74) is 2.66. The van der Waals surface area contributed by atoms with Gasteiger partial charge in [-0.2, -0.15) is 0 Å². The van der Waals surface area contributed by atoms with Crippen molar-refractivity contribution in [3.8, 4) is 0 Å². The van der Waals surface area contributed by atoms with E-state index in [9.17, 15) is 0 Å². The van der Waals surface area contributed by atoms with Crippen LogP contribution in [-0.4, -0.2) is 11.8 Å². The van der Waals surface area contributed by atoms with E-state index in [1.807, 2.05) is 27.7 Å². The molecule has 0 radical (unpaired) electrons. The van der Waals surface area contributed by atoms with Gasteiger partial charge in [-0.1, -0.05) is 63.1 Å². The Hall–Kier alpha value is -1.15. The highest BCUT2D eigenvalue weighted by molar-refractivity contribution is 5.44. The molecular formula is C14H28O2. The van der Waals surface area contributed by atoms with Crippen LogP contribution in [0.1, 0.15) is 45.7 Å². The van der Waals surface area contributed by atoms with E-state index < -0.39 is 0 Å². The molecule has 2 heteroatoms. The Kier molecular flexibility index (Phi) is 35.6. The molecule has 0 aliphatic carbocycles. The van der Waals surface area contributed by atoms with E-state index in [0.29, 0.717) is 0 Å². The molecule has 0 bridgehead atoms. The Morgan fingerprint density at radius 1 is 0.812 bits per heavy atom. The highest BCUT2D eigenvalue weighted by Gasteiger charge is 1.79. The molecular weight excluding hydrogens is 200 g/mol. The van der Waals surface area contributed by atoms with Crippen molar-refractivity contribution in [2.45, 2.75) is 48.5 Å². The summed E-state index contributed by atoms with van der Waals surface area (Å²) < 4.78 is 0. The summed E-state index contributed by atoms with van der Waals surface area (Å²) in [5.74, 6) is 0. The summed E-state index contributed by atoms with van der Waals surface area (Å²) in [6.45, 7) is 13.6. The molecule has 0 amide bonds. The van der Waals surface area contributed by atoms with Gasteiger partial charge in [-0.25, -0.2) is 0 Å². The van der Waals surface area contributed by atoms with Gasteiger partial charge in [0.15, 0.2) is 0 Å². The van der Waals surface area contributed by atoms with Gasteiger partial charge in [0, 0.05) is 0 Å². The van der Waals surface area contributed by atoms with Gasteiger partial charge in [0.25, 0.3) is 0 Å². The lowest BCUT2D eigenvalue weighted by Crippen LogP contribution is -1.70. The third kappa shape index (κ3) is 23.0. The van der Waals surface area contributed by atoms with Gasteiger partial charge in [0.05, 0.1) is 0 Å². The first-order chi connectivity index (χ1) is 7.20. The van der Waals surface area contributed by atoms with Crippen molar-refractivity contribution >= 4 is 6.29 Å². The second kappa shape index (κ2) is 23.6. The second-order valence-corrected chi connectivity index (χ2v) is 2.39. The molecule has 16 heavy (non-hydrogen) atoms. The molecule has 0 aromatic heterocycles. The van der Waals surface area contributed by atoms with E-state index in [0.717, 1.165) is 6.29 Å². The molecule has 0 spiro atoms. The van der Waals surface area contributed by atoms with Crippen LogP contribution in [0.4, 0.5) is 0 Å². The summed E-state index contributed by atoms with van der Waals surface area (Å²) >= 11 is 0. The van der Waals surface area contributed by atoms with Gasteiger partial charge < -0.3 is 10.3 Å². The Morgan fingerprint density at radius 2 is 0.938 bits per heavy atom. The molecule has 0 unspecified atom stereocenters. The van der Waals surface area contributed by atoms with Gasteiger partial charge in [-0.3, -0.25) is 0 Å². The van der Waals surface area contributed by atoms with Crippen molar-refractivity contribution in [3.05, 3.63) is 35.4 Å². The first kappa shape index (κ1) is 24.2. The van der Waals surface area contributed by atoms with Gasteiger partial charge in [0.2, 0.25) is 0 Å². The van der Waals surface area contributed by atoms with Crippen LogP contribution in [0.5, 0.6) is 0 Å². The average molecular weight is 228 g/mol. The van der Waals surface area contributed by atoms with Crippen molar-refractivity contribution in [1.82, 2.24) is 0 Å². The zero-order valence-electron chi connectivity index (χ0n) is 11.8. The minimum atomic E-state index is 0. The number of hydrogen-bond acceptors (Lipinski definition) is 1. The standard InChI is InChI=1S/C8H10.C2H4O.2C2H6.H2O/c1-7-3-5-8(2)6-4-7;1-2-3;2*1-2;/h3-6H,1-2H3;2H,1H3;2*1-2H3;1H2. The van der Waals surface area contributed by atoms with E-state index in [-0.39, 0.29) is 5.48 Å². The van der Waals surface area contributed by atoms with Crippen LogP contribution in [0.25, 0.3) is 0 Å². The number of carbonyl (C=O) groups excluding carboxylic acids is 1. The van der Waals surface area contributed by atoms with E-state index in [4.69, 9.17) is 4.79 Å². The quantitative estimate of drug-likeness (QED) is 0.624. The van der Waals surface area contributed by atoms with E-state index >= 15 is 0 Å². The van der Waals surface area contributed by atoms with E-state index in [2.05, 4.69) is 38.1 Å². The maximum atomic E-state index is 8.81. The summed E-state index contributed by atoms with van der Waals surface area (Å²) in [5, 5.41) is 0. The highest BCUT2D eigenvalue weighted by Crippen LogP contribution is 1.99. The van der Waals surface area contributed by atoms with Crippen molar-refractivity contribution in [2.24, 2.45) is 0 Å². The van der Waals surface area contributed by atoms with Crippen molar-refractivity contribution in [2.75, 3.05) is 0 Å². The summed E-state index contributed by atoms with van der Waals surface area (Å²) in [7, 11) is 0. The minimum Gasteiger partial charge on any atom is -0.412 e. The zero-order chi connectivity index (χ0) is 12.7. The fourth-order valence-corrected chi connectivity index (χ4v) is 0.637. The Balaban J connectivity index is -0.0000000778. The first-order valence-corrected chi connectivity index (χ1v) is 5.63. The summed E-state index contributed by atoms with van der Waals surface area (Å²) in [6.07, 6.45) is 0.750. The van der Waals surface area contributed by atoms with Crippen LogP contribution in [0.3, 0.4) is 0 Å². The molecule has 0 saturated heterocycles. The monoisotopic (exact) mass is 228 g/mol. The lowest BCUT2D eigenvalue weighted by atomic mass is 10.2. The number of rotatable bonds is 0. The van der Waals surface area contributed by atoms with Crippen LogP contribution in [0, 0.1) is 13.8 Å². The Bertz CT molecular complexity index is 181. The van der Waals surface area contributed by atoms with E-state index in [1.165, 1.54) is 18.1 Å². The average Bonchev–Trinajstić information content (AvgIpc) is 2.29. The lowest BCUT2D eigenvalue weighted by Gasteiger charge is -1.90. The maximum absolute atomic E-state index is 8.81. The van der Waals surface area contributed by atoms with Gasteiger partial charge in [-0.05, 0) is 20.8 Å². The normalized spacial score (nSPS) is 6.19. The van der Waals surface area contributed by atoms with Crippen LogP contribution >= 0.6 is 0 Å². The zero-order valence-corrected chi connectivity index (χ0v) is 11.8. The molecule has 0 saturated carbocycles. The fraction of sp³-hybridized carbons (Fsp3) is 0.500. The van der Waals surface area contributed by atoms with Crippen molar-refractivity contribution < 1.29 is 10.3 Å². The second-order valence-electron chi connectivity index (χ2n) is 2.39. The molecule has 2 N–H and O–H groups in total. The van der Waals surface area contributed by atoms with Gasteiger partial charge >= 0.3 is 0 Å². The minimum absolute atomic E-state index is 0. The largest absolute Gasteiger partial charge is 0.412 e. The van der Waals surface area contributed by atoms with Crippen molar-refractivity contribution in [3.63, 3.8) is 0 Å². The lowest BCUT2D eigenvalue weighted by molar-refractivity contribution is -0.106. The van der Waals surface area contributed by atoms with Gasteiger partial charge in [-0.15, -0.1) is 0 Å². The molecule has 0 fully saturated rings. The predicted octanol–water partition coefficient (Wildman–Crippen LogP) is 3.74. The molecule has 0 atom stereocenters. The van der Waals surface area contributed by atoms with Crippen LogP contribution < -0.4 is 0 Å². The third-order valence-corrected chi connectivity index (χ3v) is 1.22. The first-order valence-electron chi connectivity index (χ1n) is 5.63. The smallest absolute Gasteiger partial charge is 0.116 e. The molecule has 96 valence electrons. The van der Waals surface area contributed by atoms with E-state index in [1.54, 1.807) is 0 Å². The number of benzene rings is 1. The number of hydrogen-bond donors (Lipinski definition) is 0. The summed E-state index contributed by atoms with van der Waals surface area (Å²) in [4.78, 5) is 8.81. The van der Waals surface area contributed by atoms with Crippen LogP contribution in [-0.2, 0) is 4.79 Å². The molecule has 0 aliphatic heterocycles. The van der Waals surface area contributed by atoms with Crippen molar-refractivity contribution in [1.29, 1.82) is 0 Å². The highest BCUT2D eigenvalue weighted by atomic mass is 16.1. The molecule has 2 nitrogen and oxygen atoms in total. The molecule has 1 aromatic rings. The molecule has 1 rings (SSSR count). The maximum Gasteiger partial charge on any atom is 0.116 e. The van der Waals surface area contributed by atoms with Crippen LogP contribution in [0.2, 0.25) is 0 Å². The molecule has 1 aromatic carbocycles. The molecule has 0 aliphatic rings. The predicted molar refractivity (Wildman–Crippen MR) is 74.0 cm³/mol. The number of aldehydes is 1. The number of aryl methyl sites for hydroxylation is 2. The SMILES string of the molecule is CC.CC.CC=O.Cc1ccc(C)cc1.O. The number of carbonyl (C=O) groups is 1. The van der Waals surface area contributed by atoms with Crippen LogP contribution in [0.15, 0.2) is 24.3 Å². The third-order valence-electron chi connectivity index (χ3n) is 1.22. The summed E-state index contributed by atoms with van der Waals surface area (Å²) in [6, 6.07) is 8.48. The molecule has 0 heterocycles. The van der Waals surface area contributed by atoms with Gasteiger partial charge in [0.1, 0.15) is 6.29 Å².